The maximum absolute atomic E-state index is 12.8. The van der Waals surface area contributed by atoms with E-state index in [0.29, 0.717) is 22.2 Å². The third-order valence-electron chi connectivity index (χ3n) is 3.88. The van der Waals surface area contributed by atoms with Gasteiger partial charge in [-0.25, -0.2) is 0 Å². The van der Waals surface area contributed by atoms with Crippen molar-refractivity contribution in [3.05, 3.63) is 64.1 Å². The molecule has 3 rings (SSSR count). The van der Waals surface area contributed by atoms with Crippen LogP contribution in [0.2, 0.25) is 0 Å². The minimum Gasteiger partial charge on any atom is -0.406 e. The number of carbonyl (C=O) groups excluding carboxylic acids is 1. The lowest BCUT2D eigenvalue weighted by atomic mass is 10.0. The van der Waals surface area contributed by atoms with Crippen LogP contribution in [0.4, 0.5) is 18.9 Å². The first kappa shape index (κ1) is 17.5. The van der Waals surface area contributed by atoms with Gasteiger partial charge in [-0.2, -0.15) is 0 Å². The third kappa shape index (κ3) is 3.71. The quantitative estimate of drug-likeness (QED) is 0.714. The third-order valence-corrected chi connectivity index (χ3v) is 4.52. The van der Waals surface area contributed by atoms with Crippen molar-refractivity contribution in [2.75, 3.05) is 11.9 Å². The summed E-state index contributed by atoms with van der Waals surface area (Å²) in [6.07, 6.45) is -2.22. The van der Waals surface area contributed by atoms with E-state index >= 15 is 0 Å². The molecule has 0 atom stereocenters. The second-order valence-corrected chi connectivity index (χ2v) is 6.36. The number of carbonyl (C=O) groups is 1. The van der Waals surface area contributed by atoms with Gasteiger partial charge in [0.05, 0.1) is 5.69 Å². The Morgan fingerprint density at radius 3 is 2.60 bits per heavy atom. The number of rotatable bonds is 3. The number of alkyl halides is 3. The van der Waals surface area contributed by atoms with Gasteiger partial charge in [0, 0.05) is 17.1 Å². The van der Waals surface area contributed by atoms with Crippen molar-refractivity contribution in [1.29, 1.82) is 0 Å². The Morgan fingerprint density at radius 1 is 1.20 bits per heavy atom. The molecule has 7 heteroatoms. The molecule has 25 heavy (non-hydrogen) atoms. The number of likely N-dealkylation sites (N-methyl/N-ethyl adjacent to an activating group) is 1. The molecule has 0 aromatic heterocycles. The van der Waals surface area contributed by atoms with Crippen LogP contribution in [0.1, 0.15) is 11.1 Å². The molecule has 1 amide bonds. The van der Waals surface area contributed by atoms with E-state index < -0.39 is 6.36 Å². The van der Waals surface area contributed by atoms with Crippen molar-refractivity contribution in [1.82, 2.24) is 0 Å². The summed E-state index contributed by atoms with van der Waals surface area (Å²) in [6.45, 7) is 0. The predicted octanol–water partition coefficient (Wildman–Crippen LogP) is 4.95. The van der Waals surface area contributed by atoms with E-state index in [4.69, 9.17) is 0 Å². The molecule has 1 aliphatic rings. The lowest BCUT2D eigenvalue weighted by Crippen LogP contribution is -2.27. The average Bonchev–Trinajstić information content (AvgIpc) is 2.96. The van der Waals surface area contributed by atoms with Crippen LogP contribution in [0.25, 0.3) is 5.57 Å². The molecule has 2 aromatic rings. The van der Waals surface area contributed by atoms with Crippen LogP contribution in [-0.2, 0) is 11.2 Å². The fraction of sp³-hybridized carbons (Fsp3) is 0.167. The molecular weight excluding hydrogens is 399 g/mol. The van der Waals surface area contributed by atoms with Crippen molar-refractivity contribution in [2.24, 2.45) is 0 Å². The molecule has 2 aromatic carbocycles. The van der Waals surface area contributed by atoms with Gasteiger partial charge in [-0.05, 0) is 51.7 Å². The van der Waals surface area contributed by atoms with Crippen LogP contribution >= 0.6 is 15.9 Å². The lowest BCUT2D eigenvalue weighted by Gasteiger charge is -2.21. The van der Waals surface area contributed by atoms with Gasteiger partial charge < -0.3 is 9.64 Å². The van der Waals surface area contributed by atoms with E-state index in [0.717, 1.165) is 11.1 Å². The summed E-state index contributed by atoms with van der Waals surface area (Å²) >= 11 is 3.20. The number of hydrogen-bond acceptors (Lipinski definition) is 2. The zero-order valence-electron chi connectivity index (χ0n) is 13.1. The van der Waals surface area contributed by atoms with Gasteiger partial charge >= 0.3 is 6.36 Å². The largest absolute Gasteiger partial charge is 0.573 e. The van der Waals surface area contributed by atoms with Crippen molar-refractivity contribution in [3.63, 3.8) is 0 Å². The van der Waals surface area contributed by atoms with E-state index in [9.17, 15) is 18.0 Å². The Kier molecular flexibility index (Phi) is 4.60. The summed E-state index contributed by atoms with van der Waals surface area (Å²) in [5.41, 5.74) is 2.99. The summed E-state index contributed by atoms with van der Waals surface area (Å²) in [6, 6.07) is 11.4. The van der Waals surface area contributed by atoms with Crippen LogP contribution in [0, 0.1) is 0 Å². The number of ether oxygens (including phenoxy) is 1. The molecule has 0 radical (unpaired) electrons. The maximum atomic E-state index is 12.8. The van der Waals surface area contributed by atoms with Crippen molar-refractivity contribution in [3.8, 4) is 5.75 Å². The highest BCUT2D eigenvalue weighted by atomic mass is 79.9. The minimum atomic E-state index is -4.76. The number of amides is 1. The summed E-state index contributed by atoms with van der Waals surface area (Å²) < 4.78 is 41.1. The van der Waals surface area contributed by atoms with Crippen LogP contribution in [0.3, 0.4) is 0 Å². The van der Waals surface area contributed by atoms with Crippen molar-refractivity contribution < 1.29 is 22.7 Å². The van der Waals surface area contributed by atoms with Gasteiger partial charge in [-0.3, -0.25) is 4.79 Å². The highest BCUT2D eigenvalue weighted by Gasteiger charge is 2.31. The zero-order valence-corrected chi connectivity index (χ0v) is 14.7. The van der Waals surface area contributed by atoms with Crippen molar-refractivity contribution in [2.45, 2.75) is 12.8 Å². The molecule has 0 bridgehead atoms. The maximum Gasteiger partial charge on any atom is 0.573 e. The number of halogens is 4. The predicted molar refractivity (Wildman–Crippen MR) is 92.4 cm³/mol. The van der Waals surface area contributed by atoms with Crippen LogP contribution < -0.4 is 9.64 Å². The van der Waals surface area contributed by atoms with E-state index in [1.807, 2.05) is 30.3 Å². The summed E-state index contributed by atoms with van der Waals surface area (Å²) in [4.78, 5) is 14.2. The number of anilines is 1. The van der Waals surface area contributed by atoms with E-state index in [1.54, 1.807) is 7.05 Å². The highest BCUT2D eigenvalue weighted by molar-refractivity contribution is 9.10. The first-order valence-electron chi connectivity index (χ1n) is 7.38. The molecule has 0 unspecified atom stereocenters. The molecule has 0 saturated carbocycles. The van der Waals surface area contributed by atoms with Gasteiger partial charge in [-0.15, -0.1) is 13.2 Å². The summed E-state index contributed by atoms with van der Waals surface area (Å²) in [5.74, 6) is -0.579. The second kappa shape index (κ2) is 6.55. The Bertz CT molecular complexity index is 862. The van der Waals surface area contributed by atoms with E-state index in [-0.39, 0.29) is 11.7 Å². The molecule has 3 nitrogen and oxygen atoms in total. The zero-order chi connectivity index (χ0) is 18.2. The first-order chi connectivity index (χ1) is 11.8. The Morgan fingerprint density at radius 2 is 1.92 bits per heavy atom. The SMILES string of the molecule is CN(C(=O)C1=CCc2ccccc21)c1ccc(OC(F)(F)F)cc1Br. The normalized spacial score (nSPS) is 13.2. The lowest BCUT2D eigenvalue weighted by molar-refractivity contribution is -0.274. The number of allylic oxidation sites excluding steroid dienone is 1. The second-order valence-electron chi connectivity index (χ2n) is 5.50. The first-order valence-corrected chi connectivity index (χ1v) is 8.17. The summed E-state index contributed by atoms with van der Waals surface area (Å²) in [7, 11) is 1.58. The highest BCUT2D eigenvalue weighted by Crippen LogP contribution is 2.35. The monoisotopic (exact) mass is 411 g/mol. The van der Waals surface area contributed by atoms with Gasteiger partial charge in [0.1, 0.15) is 5.75 Å². The minimum absolute atomic E-state index is 0.227. The van der Waals surface area contributed by atoms with Gasteiger partial charge in [-0.1, -0.05) is 30.3 Å². The molecule has 0 N–H and O–H groups in total. The summed E-state index contributed by atoms with van der Waals surface area (Å²) in [5, 5.41) is 0. The van der Waals surface area contributed by atoms with Crippen LogP contribution in [0.5, 0.6) is 5.75 Å². The molecule has 0 heterocycles. The van der Waals surface area contributed by atoms with Crippen molar-refractivity contribution >= 4 is 33.1 Å². The molecule has 130 valence electrons. The average molecular weight is 412 g/mol. The van der Waals surface area contributed by atoms with E-state index in [2.05, 4.69) is 20.7 Å². The topological polar surface area (TPSA) is 29.5 Å². The molecule has 0 fully saturated rings. The number of nitrogens with zero attached hydrogens (tertiary/aromatic N) is 1. The van der Waals surface area contributed by atoms with Crippen LogP contribution in [0.15, 0.2) is 53.0 Å². The molecule has 0 aliphatic heterocycles. The Balaban J connectivity index is 1.84. The Labute approximate surface area is 150 Å². The fourth-order valence-electron chi connectivity index (χ4n) is 2.73. The Hall–Kier alpha value is -2.28. The van der Waals surface area contributed by atoms with Gasteiger partial charge in [0.15, 0.2) is 0 Å². The standard InChI is InChI=1S/C18H13BrF3NO2/c1-23(16-9-7-12(10-15(16)19)25-18(20,21)22)17(24)14-8-6-11-4-2-3-5-13(11)14/h2-5,7-10H,6H2,1H3. The van der Waals surface area contributed by atoms with E-state index in [1.165, 1.54) is 23.1 Å². The number of benzene rings is 2. The number of fused-ring (bicyclic) bond motifs is 1. The molecule has 0 saturated heterocycles. The fourth-order valence-corrected chi connectivity index (χ4v) is 3.36. The molecule has 1 aliphatic carbocycles. The van der Waals surface area contributed by atoms with Gasteiger partial charge in [0.2, 0.25) is 0 Å². The smallest absolute Gasteiger partial charge is 0.406 e. The van der Waals surface area contributed by atoms with Crippen LogP contribution in [-0.4, -0.2) is 19.3 Å². The number of hydrogen-bond donors (Lipinski definition) is 0. The molecule has 0 spiro atoms. The molecular formula is C18H13BrF3NO2. The van der Waals surface area contributed by atoms with Gasteiger partial charge in [0.25, 0.3) is 5.91 Å².